The molecule has 3 heteroatoms. The van der Waals surface area contributed by atoms with Crippen molar-refractivity contribution in [1.29, 1.82) is 0 Å². The van der Waals surface area contributed by atoms with E-state index in [1.807, 2.05) is 0 Å². The first-order valence-corrected chi connectivity index (χ1v) is 8.46. The maximum absolute atomic E-state index is 5.83. The molecule has 0 bridgehead atoms. The number of piperidine rings is 1. The van der Waals surface area contributed by atoms with Gasteiger partial charge in [0.1, 0.15) is 5.75 Å². The zero-order chi connectivity index (χ0) is 15.1. The highest BCUT2D eigenvalue weighted by Crippen LogP contribution is 2.26. The van der Waals surface area contributed by atoms with Crippen molar-refractivity contribution in [3.63, 3.8) is 0 Å². The third-order valence-electron chi connectivity index (χ3n) is 4.24. The predicted molar refractivity (Wildman–Crippen MR) is 88.8 cm³/mol. The fourth-order valence-electron chi connectivity index (χ4n) is 3.07. The van der Waals surface area contributed by atoms with E-state index in [0.29, 0.717) is 6.04 Å². The number of hydrogen-bond donors (Lipinski definition) is 1. The van der Waals surface area contributed by atoms with E-state index in [1.54, 1.807) is 0 Å². The van der Waals surface area contributed by atoms with E-state index in [-0.39, 0.29) is 0 Å². The third kappa shape index (κ3) is 4.72. The molecule has 0 radical (unpaired) electrons. The van der Waals surface area contributed by atoms with Gasteiger partial charge in [0, 0.05) is 18.2 Å². The number of ether oxygens (including phenoxy) is 1. The Kier molecular flexibility index (Phi) is 6.52. The lowest BCUT2D eigenvalue weighted by molar-refractivity contribution is 0.216. The lowest BCUT2D eigenvalue weighted by Gasteiger charge is -2.27. The van der Waals surface area contributed by atoms with E-state index < -0.39 is 0 Å². The van der Waals surface area contributed by atoms with E-state index in [4.69, 9.17) is 4.74 Å². The van der Waals surface area contributed by atoms with Gasteiger partial charge in [-0.2, -0.15) is 0 Å². The minimum Gasteiger partial charge on any atom is -0.494 e. The summed E-state index contributed by atoms with van der Waals surface area (Å²) in [6.07, 6.45) is 4.04. The molecule has 0 saturated carbocycles. The fourth-order valence-corrected chi connectivity index (χ4v) is 3.07. The summed E-state index contributed by atoms with van der Waals surface area (Å²) < 4.78 is 5.83. The molecular formula is C18H30N2O. The van der Waals surface area contributed by atoms with Gasteiger partial charge < -0.3 is 10.1 Å². The van der Waals surface area contributed by atoms with Crippen molar-refractivity contribution in [2.75, 3.05) is 26.2 Å². The van der Waals surface area contributed by atoms with E-state index in [2.05, 4.69) is 49.2 Å². The number of rotatable bonds is 7. The first-order chi connectivity index (χ1) is 10.2. The molecule has 21 heavy (non-hydrogen) atoms. The van der Waals surface area contributed by atoms with Gasteiger partial charge in [-0.3, -0.25) is 4.90 Å². The summed E-state index contributed by atoms with van der Waals surface area (Å²) in [4.78, 5) is 2.56. The summed E-state index contributed by atoms with van der Waals surface area (Å²) in [6.45, 7) is 11.6. The van der Waals surface area contributed by atoms with Crippen LogP contribution in [-0.4, -0.2) is 31.1 Å². The topological polar surface area (TPSA) is 24.5 Å². The van der Waals surface area contributed by atoms with Crippen LogP contribution in [0, 0.1) is 0 Å². The standard InChI is InChI=1S/C18H30N2O/c1-4-19-15(3)16-9-10-18(21-5-2)17(13-16)14-20-11-7-6-8-12-20/h9-10,13,15,19H,4-8,11-12,14H2,1-3H3. The Morgan fingerprint density at radius 1 is 1.19 bits per heavy atom. The fraction of sp³-hybridized carbons (Fsp3) is 0.667. The highest BCUT2D eigenvalue weighted by Gasteiger charge is 2.15. The first-order valence-electron chi connectivity index (χ1n) is 8.46. The predicted octanol–water partition coefficient (Wildman–Crippen LogP) is 3.74. The number of nitrogens with zero attached hydrogens (tertiary/aromatic N) is 1. The maximum Gasteiger partial charge on any atom is 0.123 e. The molecular weight excluding hydrogens is 260 g/mol. The van der Waals surface area contributed by atoms with Gasteiger partial charge in [0.15, 0.2) is 0 Å². The van der Waals surface area contributed by atoms with Crippen LogP contribution in [0.2, 0.25) is 0 Å². The van der Waals surface area contributed by atoms with Crippen molar-refractivity contribution >= 4 is 0 Å². The number of benzene rings is 1. The van der Waals surface area contributed by atoms with Crippen LogP contribution in [0.25, 0.3) is 0 Å². The van der Waals surface area contributed by atoms with Crippen LogP contribution in [0.4, 0.5) is 0 Å². The van der Waals surface area contributed by atoms with E-state index in [9.17, 15) is 0 Å². The molecule has 0 spiro atoms. The SMILES string of the molecule is CCNC(C)c1ccc(OCC)c(CN2CCCCC2)c1. The first kappa shape index (κ1) is 16.3. The zero-order valence-corrected chi connectivity index (χ0v) is 13.8. The summed E-state index contributed by atoms with van der Waals surface area (Å²) in [7, 11) is 0. The van der Waals surface area contributed by atoms with Crippen molar-refractivity contribution < 1.29 is 4.74 Å². The molecule has 1 heterocycles. The summed E-state index contributed by atoms with van der Waals surface area (Å²) in [5, 5.41) is 3.49. The molecule has 0 aromatic heterocycles. The van der Waals surface area contributed by atoms with Crippen LogP contribution in [0.3, 0.4) is 0 Å². The molecule has 1 N–H and O–H groups in total. The highest BCUT2D eigenvalue weighted by molar-refractivity contribution is 5.38. The number of nitrogens with one attached hydrogen (secondary N) is 1. The van der Waals surface area contributed by atoms with Crippen molar-refractivity contribution in [3.8, 4) is 5.75 Å². The van der Waals surface area contributed by atoms with E-state index in [0.717, 1.165) is 25.4 Å². The third-order valence-corrected chi connectivity index (χ3v) is 4.24. The number of hydrogen-bond acceptors (Lipinski definition) is 3. The average Bonchev–Trinajstić information content (AvgIpc) is 2.50. The molecule has 1 atom stereocenters. The van der Waals surface area contributed by atoms with Gasteiger partial charge in [0.05, 0.1) is 6.61 Å². The molecule has 0 aliphatic carbocycles. The van der Waals surface area contributed by atoms with Crippen molar-refractivity contribution in [2.24, 2.45) is 0 Å². The largest absolute Gasteiger partial charge is 0.494 e. The smallest absolute Gasteiger partial charge is 0.123 e. The van der Waals surface area contributed by atoms with Crippen LogP contribution in [0.5, 0.6) is 5.75 Å². The molecule has 3 nitrogen and oxygen atoms in total. The normalized spacial score (nSPS) is 17.7. The van der Waals surface area contributed by atoms with Crippen molar-refractivity contribution in [2.45, 2.75) is 52.6 Å². The van der Waals surface area contributed by atoms with E-state index in [1.165, 1.54) is 43.5 Å². The summed E-state index contributed by atoms with van der Waals surface area (Å²) >= 11 is 0. The lowest BCUT2D eigenvalue weighted by atomic mass is 10.0. The minimum absolute atomic E-state index is 0.394. The number of likely N-dealkylation sites (tertiary alicyclic amines) is 1. The molecule has 1 aliphatic rings. The van der Waals surface area contributed by atoms with Gasteiger partial charge in [0.2, 0.25) is 0 Å². The Labute approximate surface area is 129 Å². The molecule has 1 aliphatic heterocycles. The van der Waals surface area contributed by atoms with Crippen LogP contribution >= 0.6 is 0 Å². The van der Waals surface area contributed by atoms with Crippen molar-refractivity contribution in [3.05, 3.63) is 29.3 Å². The van der Waals surface area contributed by atoms with Gasteiger partial charge in [0.25, 0.3) is 0 Å². The summed E-state index contributed by atoms with van der Waals surface area (Å²) in [6, 6.07) is 7.06. The molecule has 118 valence electrons. The Morgan fingerprint density at radius 2 is 1.95 bits per heavy atom. The summed E-state index contributed by atoms with van der Waals surface area (Å²) in [5.41, 5.74) is 2.69. The van der Waals surface area contributed by atoms with Crippen LogP contribution in [-0.2, 0) is 6.54 Å². The molecule has 2 rings (SSSR count). The van der Waals surface area contributed by atoms with Gasteiger partial charge in [-0.05, 0) is 64.0 Å². The van der Waals surface area contributed by atoms with Gasteiger partial charge >= 0.3 is 0 Å². The monoisotopic (exact) mass is 290 g/mol. The Morgan fingerprint density at radius 3 is 2.62 bits per heavy atom. The second kappa shape index (κ2) is 8.40. The van der Waals surface area contributed by atoms with Crippen LogP contribution < -0.4 is 10.1 Å². The molecule has 1 saturated heterocycles. The molecule has 1 unspecified atom stereocenters. The molecule has 1 aromatic carbocycles. The van der Waals surface area contributed by atoms with Gasteiger partial charge in [-0.1, -0.05) is 19.4 Å². The quantitative estimate of drug-likeness (QED) is 0.828. The molecule has 1 aromatic rings. The van der Waals surface area contributed by atoms with Crippen LogP contribution in [0.1, 0.15) is 57.2 Å². The maximum atomic E-state index is 5.83. The van der Waals surface area contributed by atoms with Gasteiger partial charge in [-0.25, -0.2) is 0 Å². The Bertz CT molecular complexity index is 427. The molecule has 1 fully saturated rings. The second-order valence-corrected chi connectivity index (χ2v) is 5.92. The average molecular weight is 290 g/mol. The lowest BCUT2D eigenvalue weighted by Crippen LogP contribution is -2.29. The van der Waals surface area contributed by atoms with Crippen molar-refractivity contribution in [1.82, 2.24) is 10.2 Å². The minimum atomic E-state index is 0.394. The van der Waals surface area contributed by atoms with E-state index >= 15 is 0 Å². The van der Waals surface area contributed by atoms with Gasteiger partial charge in [-0.15, -0.1) is 0 Å². The Hall–Kier alpha value is -1.06. The second-order valence-electron chi connectivity index (χ2n) is 5.92. The Balaban J connectivity index is 2.15. The molecule has 0 amide bonds. The summed E-state index contributed by atoms with van der Waals surface area (Å²) in [5.74, 6) is 1.05. The highest BCUT2D eigenvalue weighted by atomic mass is 16.5. The zero-order valence-electron chi connectivity index (χ0n) is 13.8. The van der Waals surface area contributed by atoms with Crippen LogP contribution in [0.15, 0.2) is 18.2 Å².